The summed E-state index contributed by atoms with van der Waals surface area (Å²) in [7, 11) is -3.52. The van der Waals surface area contributed by atoms with Gasteiger partial charge in [0.15, 0.2) is 11.5 Å². The lowest BCUT2D eigenvalue weighted by Crippen LogP contribution is -2.46. The third-order valence-corrected chi connectivity index (χ3v) is 5.12. The van der Waals surface area contributed by atoms with Crippen LogP contribution >= 0.6 is 12.4 Å². The largest absolute Gasteiger partial charge is 0.454 e. The summed E-state index contributed by atoms with van der Waals surface area (Å²) >= 11 is 0. The SMILES string of the molecule is CC1CC(NS(=O)(=O)c2ccc3c(c2)OCO3)CCN1.Cl. The highest BCUT2D eigenvalue weighted by Crippen LogP contribution is 2.33. The molecule has 0 aromatic heterocycles. The molecule has 6 nitrogen and oxygen atoms in total. The van der Waals surface area contributed by atoms with Gasteiger partial charge in [-0.25, -0.2) is 13.1 Å². The first-order valence-electron chi connectivity index (χ1n) is 6.70. The molecule has 1 fully saturated rings. The Morgan fingerprint density at radius 2 is 2.05 bits per heavy atom. The van der Waals surface area contributed by atoms with Crippen molar-refractivity contribution in [1.82, 2.24) is 10.0 Å². The van der Waals surface area contributed by atoms with Gasteiger partial charge in [-0.1, -0.05) is 0 Å². The van der Waals surface area contributed by atoms with Crippen molar-refractivity contribution in [3.8, 4) is 11.5 Å². The number of sulfonamides is 1. The molecule has 0 radical (unpaired) electrons. The molecule has 1 saturated heterocycles. The van der Waals surface area contributed by atoms with Crippen LogP contribution in [0.5, 0.6) is 11.5 Å². The van der Waals surface area contributed by atoms with Gasteiger partial charge < -0.3 is 14.8 Å². The van der Waals surface area contributed by atoms with Gasteiger partial charge in [-0.2, -0.15) is 0 Å². The summed E-state index contributed by atoms with van der Waals surface area (Å²) < 4.78 is 37.9. The first kappa shape index (κ1) is 16.4. The van der Waals surface area contributed by atoms with E-state index >= 15 is 0 Å². The molecule has 2 heterocycles. The lowest BCUT2D eigenvalue weighted by Gasteiger charge is -2.28. The maximum atomic E-state index is 12.4. The molecule has 0 bridgehead atoms. The van der Waals surface area contributed by atoms with E-state index in [9.17, 15) is 8.42 Å². The van der Waals surface area contributed by atoms with Crippen LogP contribution in [0.4, 0.5) is 0 Å². The molecule has 2 aliphatic rings. The van der Waals surface area contributed by atoms with Crippen molar-refractivity contribution in [1.29, 1.82) is 0 Å². The molecule has 1 aromatic rings. The molecule has 0 amide bonds. The smallest absolute Gasteiger partial charge is 0.240 e. The van der Waals surface area contributed by atoms with Gasteiger partial charge in [0.1, 0.15) is 0 Å². The van der Waals surface area contributed by atoms with E-state index in [0.29, 0.717) is 17.5 Å². The zero-order chi connectivity index (χ0) is 14.2. The lowest BCUT2D eigenvalue weighted by molar-refractivity contribution is 0.174. The zero-order valence-electron chi connectivity index (χ0n) is 11.7. The number of fused-ring (bicyclic) bond motifs is 1. The lowest BCUT2D eigenvalue weighted by atomic mass is 10.0. The minimum Gasteiger partial charge on any atom is -0.454 e. The van der Waals surface area contributed by atoms with Crippen molar-refractivity contribution in [2.75, 3.05) is 13.3 Å². The Kier molecular flexibility index (Phi) is 4.98. The topological polar surface area (TPSA) is 76.7 Å². The van der Waals surface area contributed by atoms with Crippen LogP contribution in [-0.2, 0) is 10.0 Å². The highest BCUT2D eigenvalue weighted by Gasteiger charge is 2.26. The van der Waals surface area contributed by atoms with E-state index in [4.69, 9.17) is 9.47 Å². The molecule has 8 heteroatoms. The van der Waals surface area contributed by atoms with Crippen molar-refractivity contribution >= 4 is 22.4 Å². The van der Waals surface area contributed by atoms with Gasteiger partial charge in [0.05, 0.1) is 4.90 Å². The second-order valence-electron chi connectivity index (χ2n) is 5.21. The van der Waals surface area contributed by atoms with Crippen LogP contribution in [0.15, 0.2) is 23.1 Å². The standard InChI is InChI=1S/C13H18N2O4S.ClH/c1-9-6-10(4-5-14-9)15-20(16,17)11-2-3-12-13(7-11)19-8-18-12;/h2-3,7,9-10,14-15H,4-6,8H2,1H3;1H. The number of piperidine rings is 1. The average Bonchev–Trinajstić information content (AvgIpc) is 2.85. The van der Waals surface area contributed by atoms with Crippen molar-refractivity contribution in [2.45, 2.75) is 36.7 Å². The van der Waals surface area contributed by atoms with E-state index in [0.717, 1.165) is 19.4 Å². The number of halogens is 1. The Bertz CT molecular complexity index is 608. The Hall–Kier alpha value is -1.02. The van der Waals surface area contributed by atoms with Gasteiger partial charge >= 0.3 is 0 Å². The monoisotopic (exact) mass is 334 g/mol. The van der Waals surface area contributed by atoms with E-state index in [-0.39, 0.29) is 30.1 Å². The van der Waals surface area contributed by atoms with Gasteiger partial charge in [0, 0.05) is 18.2 Å². The summed E-state index contributed by atoms with van der Waals surface area (Å²) in [5.41, 5.74) is 0. The van der Waals surface area contributed by atoms with Gasteiger partial charge in [0.25, 0.3) is 0 Å². The summed E-state index contributed by atoms with van der Waals surface area (Å²) in [5, 5.41) is 3.30. The second kappa shape index (κ2) is 6.39. The fourth-order valence-corrected chi connectivity index (χ4v) is 3.87. The first-order valence-corrected chi connectivity index (χ1v) is 8.18. The van der Waals surface area contributed by atoms with Crippen molar-refractivity contribution < 1.29 is 17.9 Å². The Labute approximate surface area is 130 Å². The predicted molar refractivity (Wildman–Crippen MR) is 80.6 cm³/mol. The second-order valence-corrected chi connectivity index (χ2v) is 6.93. The zero-order valence-corrected chi connectivity index (χ0v) is 13.3. The Balaban J connectivity index is 0.00000161. The molecule has 21 heavy (non-hydrogen) atoms. The molecule has 2 aliphatic heterocycles. The summed E-state index contributed by atoms with van der Waals surface area (Å²) in [4.78, 5) is 0.216. The van der Waals surface area contributed by atoms with Crippen molar-refractivity contribution in [2.24, 2.45) is 0 Å². The van der Waals surface area contributed by atoms with Gasteiger partial charge in [-0.15, -0.1) is 12.4 Å². The van der Waals surface area contributed by atoms with Crippen molar-refractivity contribution in [3.63, 3.8) is 0 Å². The predicted octanol–water partition coefficient (Wildman–Crippen LogP) is 1.26. The van der Waals surface area contributed by atoms with Gasteiger partial charge in [-0.3, -0.25) is 0 Å². The van der Waals surface area contributed by atoms with Gasteiger partial charge in [-0.05, 0) is 38.4 Å². The normalized spacial score (nSPS) is 24.4. The van der Waals surface area contributed by atoms with Crippen LogP contribution in [-0.4, -0.2) is 33.8 Å². The highest BCUT2D eigenvalue weighted by atomic mass is 35.5. The fourth-order valence-electron chi connectivity index (χ4n) is 2.57. The third-order valence-electron chi connectivity index (χ3n) is 3.60. The molecule has 0 saturated carbocycles. The van der Waals surface area contributed by atoms with E-state index in [2.05, 4.69) is 17.0 Å². The van der Waals surface area contributed by atoms with Crippen LogP contribution in [0, 0.1) is 0 Å². The molecule has 2 atom stereocenters. The number of nitrogens with one attached hydrogen (secondary N) is 2. The number of benzene rings is 1. The molecule has 118 valence electrons. The minimum absolute atomic E-state index is 0. The summed E-state index contributed by atoms with van der Waals surface area (Å²) in [6.07, 6.45) is 1.60. The number of hydrogen-bond donors (Lipinski definition) is 2. The molecule has 3 rings (SSSR count). The minimum atomic E-state index is -3.52. The van der Waals surface area contributed by atoms with E-state index in [1.807, 2.05) is 0 Å². The van der Waals surface area contributed by atoms with Crippen LogP contribution in [0.3, 0.4) is 0 Å². The summed E-state index contributed by atoms with van der Waals surface area (Å²) in [6.45, 7) is 3.02. The van der Waals surface area contributed by atoms with Crippen LogP contribution in [0.2, 0.25) is 0 Å². The van der Waals surface area contributed by atoms with Crippen molar-refractivity contribution in [3.05, 3.63) is 18.2 Å². The number of ether oxygens (including phenoxy) is 2. The van der Waals surface area contributed by atoms with E-state index in [1.54, 1.807) is 12.1 Å². The number of hydrogen-bond acceptors (Lipinski definition) is 5. The average molecular weight is 335 g/mol. The Morgan fingerprint density at radius 3 is 2.81 bits per heavy atom. The van der Waals surface area contributed by atoms with Gasteiger partial charge in [0.2, 0.25) is 16.8 Å². The summed E-state index contributed by atoms with van der Waals surface area (Å²) in [5.74, 6) is 1.06. The maximum absolute atomic E-state index is 12.4. The molecular formula is C13H19ClN2O4S. The van der Waals surface area contributed by atoms with Crippen LogP contribution in [0.1, 0.15) is 19.8 Å². The molecule has 2 N–H and O–H groups in total. The third kappa shape index (κ3) is 3.60. The maximum Gasteiger partial charge on any atom is 0.240 e. The first-order chi connectivity index (χ1) is 9.54. The Morgan fingerprint density at radius 1 is 1.29 bits per heavy atom. The van der Waals surface area contributed by atoms with E-state index < -0.39 is 10.0 Å². The molecule has 0 aliphatic carbocycles. The van der Waals surface area contributed by atoms with Crippen LogP contribution in [0.25, 0.3) is 0 Å². The molecular weight excluding hydrogens is 316 g/mol. The van der Waals surface area contributed by atoms with E-state index in [1.165, 1.54) is 6.07 Å². The van der Waals surface area contributed by atoms with Crippen LogP contribution < -0.4 is 19.5 Å². The number of rotatable bonds is 3. The molecule has 1 aromatic carbocycles. The molecule has 2 unspecified atom stereocenters. The quantitative estimate of drug-likeness (QED) is 0.870. The summed E-state index contributed by atoms with van der Waals surface area (Å²) in [6, 6.07) is 4.98. The molecule has 0 spiro atoms. The fraction of sp³-hybridized carbons (Fsp3) is 0.538. The highest BCUT2D eigenvalue weighted by molar-refractivity contribution is 7.89.